The van der Waals surface area contributed by atoms with Crippen LogP contribution in [-0.4, -0.2) is 66.9 Å². The molecular formula is C24H25FN6O8S2. The maximum Gasteiger partial charge on any atom is 0.373 e. The number of rotatable bonds is 14. The van der Waals surface area contributed by atoms with Crippen molar-refractivity contribution in [1.82, 2.24) is 25.3 Å². The molecule has 41 heavy (non-hydrogen) atoms. The van der Waals surface area contributed by atoms with Crippen molar-refractivity contribution in [3.63, 3.8) is 0 Å². The van der Waals surface area contributed by atoms with Crippen LogP contribution in [0.2, 0.25) is 0 Å². The summed E-state index contributed by atoms with van der Waals surface area (Å²) in [5.74, 6) is 0.788. The number of hydrogen-bond acceptors (Lipinski definition) is 12. The molecule has 0 spiro atoms. The molecule has 0 saturated carbocycles. The lowest BCUT2D eigenvalue weighted by atomic mass is 10.2. The largest absolute Gasteiger partial charge is 0.491 e. The van der Waals surface area contributed by atoms with Crippen molar-refractivity contribution < 1.29 is 41.4 Å². The topological polar surface area (TPSA) is 195 Å². The van der Waals surface area contributed by atoms with Crippen LogP contribution >= 0.6 is 11.3 Å². The van der Waals surface area contributed by atoms with Crippen LogP contribution in [0.3, 0.4) is 0 Å². The summed E-state index contributed by atoms with van der Waals surface area (Å²) in [6, 6.07) is 12.2. The SMILES string of the molecule is NS(=O)(=O)c1nc2cc(OCc3cn(CC(=O)NCCOCc4cccc(OCCF)c4)nn3)ccc2s1.O=C=O. The number of sulfonamides is 1. The van der Waals surface area contributed by atoms with Crippen molar-refractivity contribution in [2.75, 3.05) is 26.4 Å². The Kier molecular flexibility index (Phi) is 11.8. The van der Waals surface area contributed by atoms with Gasteiger partial charge in [-0.15, -0.1) is 16.4 Å². The van der Waals surface area contributed by atoms with E-state index in [4.69, 9.17) is 28.9 Å². The van der Waals surface area contributed by atoms with Crippen molar-refractivity contribution in [2.45, 2.75) is 24.1 Å². The van der Waals surface area contributed by atoms with E-state index in [9.17, 15) is 17.6 Å². The number of benzene rings is 2. The lowest BCUT2D eigenvalue weighted by molar-refractivity contribution is -0.191. The number of primary sulfonamides is 1. The Morgan fingerprint density at radius 1 is 1.10 bits per heavy atom. The molecular weight excluding hydrogens is 583 g/mol. The normalized spacial score (nSPS) is 10.9. The molecule has 0 radical (unpaired) electrons. The van der Waals surface area contributed by atoms with Gasteiger partial charge < -0.3 is 19.5 Å². The van der Waals surface area contributed by atoms with Gasteiger partial charge in [-0.05, 0) is 29.8 Å². The van der Waals surface area contributed by atoms with Crippen LogP contribution < -0.4 is 19.9 Å². The molecule has 4 aromatic rings. The fourth-order valence-corrected chi connectivity index (χ4v) is 4.91. The first-order valence-electron chi connectivity index (χ1n) is 11.8. The zero-order chi connectivity index (χ0) is 29.7. The second-order valence-corrected chi connectivity index (χ2v) is 10.8. The van der Waals surface area contributed by atoms with Gasteiger partial charge in [0.15, 0.2) is 0 Å². The van der Waals surface area contributed by atoms with Gasteiger partial charge in [-0.1, -0.05) is 17.3 Å². The van der Waals surface area contributed by atoms with Gasteiger partial charge in [-0.3, -0.25) is 4.79 Å². The van der Waals surface area contributed by atoms with E-state index in [1.54, 1.807) is 42.6 Å². The highest BCUT2D eigenvalue weighted by atomic mass is 32.2. The lowest BCUT2D eigenvalue weighted by Crippen LogP contribution is -2.30. The fourth-order valence-electron chi connectivity index (χ4n) is 3.27. The minimum absolute atomic E-state index is 0.00623. The quantitative estimate of drug-likeness (QED) is 0.195. The number of alkyl halides is 1. The number of nitrogens with zero attached hydrogens (tertiary/aromatic N) is 4. The second kappa shape index (κ2) is 15.5. The van der Waals surface area contributed by atoms with Gasteiger partial charge in [-0.2, -0.15) is 9.59 Å². The Hall–Kier alpha value is -4.28. The molecule has 0 saturated heterocycles. The molecule has 2 aromatic carbocycles. The molecule has 2 heterocycles. The Bertz CT molecular complexity index is 1590. The van der Waals surface area contributed by atoms with Crippen LogP contribution in [0.5, 0.6) is 11.5 Å². The first-order chi connectivity index (χ1) is 19.7. The number of amides is 1. The molecule has 0 aliphatic heterocycles. The molecule has 0 fully saturated rings. The van der Waals surface area contributed by atoms with E-state index < -0.39 is 16.7 Å². The summed E-state index contributed by atoms with van der Waals surface area (Å²) in [4.78, 5) is 32.5. The summed E-state index contributed by atoms with van der Waals surface area (Å²) >= 11 is 0.980. The molecule has 17 heteroatoms. The van der Waals surface area contributed by atoms with Crippen molar-refractivity contribution in [3.05, 3.63) is 59.9 Å². The number of halogens is 1. The first kappa shape index (κ1) is 31.3. The predicted octanol–water partition coefficient (Wildman–Crippen LogP) is 1.21. The Morgan fingerprint density at radius 2 is 1.88 bits per heavy atom. The number of fused-ring (bicyclic) bond motifs is 1. The number of thiazole rings is 1. The molecule has 1 amide bonds. The van der Waals surface area contributed by atoms with Crippen molar-refractivity contribution in [3.8, 4) is 11.5 Å². The molecule has 0 aliphatic carbocycles. The number of carbonyl (C=O) groups excluding carboxylic acids is 3. The third kappa shape index (κ3) is 10.3. The van der Waals surface area contributed by atoms with Gasteiger partial charge in [0.1, 0.15) is 43.6 Å². The minimum Gasteiger partial charge on any atom is -0.491 e. The van der Waals surface area contributed by atoms with Crippen LogP contribution in [0.15, 0.2) is 53.0 Å². The maximum absolute atomic E-state index is 12.2. The molecule has 0 unspecified atom stereocenters. The summed E-state index contributed by atoms with van der Waals surface area (Å²) in [5.41, 5.74) is 1.84. The van der Waals surface area contributed by atoms with Crippen LogP contribution in [0.25, 0.3) is 10.2 Å². The van der Waals surface area contributed by atoms with Crippen LogP contribution in [0, 0.1) is 0 Å². The monoisotopic (exact) mass is 608 g/mol. The van der Waals surface area contributed by atoms with Crippen LogP contribution in [-0.2, 0) is 48.9 Å². The standard InChI is InChI=1S/C23H25FN6O6S2.CO2/c24-6-8-35-18-3-1-2-16(10-18)14-34-9-7-26-22(31)13-30-12-17(28-29-30)15-36-19-4-5-21-20(11-19)27-23(37-21)38(25,32)33;2-1-3/h1-5,10-12H,6-9,13-15H2,(H,26,31)(H2,25,32,33);. The number of nitrogens with one attached hydrogen (secondary N) is 1. The smallest absolute Gasteiger partial charge is 0.373 e. The van der Waals surface area contributed by atoms with Gasteiger partial charge in [0.25, 0.3) is 10.0 Å². The average molecular weight is 609 g/mol. The third-order valence-electron chi connectivity index (χ3n) is 4.94. The molecule has 218 valence electrons. The number of nitrogens with two attached hydrogens (primary N) is 1. The second-order valence-electron chi connectivity index (χ2n) is 8.02. The molecule has 2 aromatic heterocycles. The van der Waals surface area contributed by atoms with E-state index in [2.05, 4.69) is 20.6 Å². The molecule has 0 atom stereocenters. The van der Waals surface area contributed by atoms with Crippen LogP contribution in [0.4, 0.5) is 4.39 Å². The molecule has 3 N–H and O–H groups in total. The summed E-state index contributed by atoms with van der Waals surface area (Å²) < 4.78 is 53.6. The number of aromatic nitrogens is 4. The van der Waals surface area contributed by atoms with Gasteiger partial charge in [0.05, 0.1) is 29.6 Å². The van der Waals surface area contributed by atoms with Crippen molar-refractivity contribution in [2.24, 2.45) is 5.14 Å². The van der Waals surface area contributed by atoms with Gasteiger partial charge in [0.2, 0.25) is 10.2 Å². The van der Waals surface area contributed by atoms with E-state index in [0.29, 0.717) is 47.2 Å². The molecule has 0 aliphatic rings. The van der Waals surface area contributed by atoms with Crippen molar-refractivity contribution >= 4 is 43.6 Å². The number of carbonyl (C=O) groups is 1. The Labute approximate surface area is 237 Å². The number of hydrogen-bond donors (Lipinski definition) is 2. The van der Waals surface area contributed by atoms with Gasteiger partial charge >= 0.3 is 6.15 Å². The van der Waals surface area contributed by atoms with E-state index in [1.165, 1.54) is 4.68 Å². The lowest BCUT2D eigenvalue weighted by Gasteiger charge is -2.08. The predicted molar refractivity (Wildman–Crippen MR) is 141 cm³/mol. The fraction of sp³-hybridized carbons (Fsp3) is 0.292. The zero-order valence-electron chi connectivity index (χ0n) is 21.4. The third-order valence-corrected chi connectivity index (χ3v) is 7.30. The first-order valence-corrected chi connectivity index (χ1v) is 14.1. The Balaban J connectivity index is 0.00000147. The highest BCUT2D eigenvalue weighted by Crippen LogP contribution is 2.28. The molecule has 14 nitrogen and oxygen atoms in total. The summed E-state index contributed by atoms with van der Waals surface area (Å²) in [5, 5.41) is 15.8. The minimum atomic E-state index is -3.87. The Morgan fingerprint density at radius 3 is 2.63 bits per heavy atom. The highest BCUT2D eigenvalue weighted by Gasteiger charge is 2.15. The summed E-state index contributed by atoms with van der Waals surface area (Å²) in [7, 11) is -3.87. The van der Waals surface area contributed by atoms with Crippen molar-refractivity contribution in [1.29, 1.82) is 0 Å². The van der Waals surface area contributed by atoms with Crippen LogP contribution in [0.1, 0.15) is 11.3 Å². The number of ether oxygens (including phenoxy) is 3. The van der Waals surface area contributed by atoms with Gasteiger partial charge in [0, 0.05) is 12.6 Å². The van der Waals surface area contributed by atoms with E-state index in [1.807, 2.05) is 6.07 Å². The average Bonchev–Trinajstić information content (AvgIpc) is 3.58. The maximum atomic E-state index is 12.2. The van der Waals surface area contributed by atoms with E-state index in [-0.39, 0.29) is 36.2 Å². The molecule has 0 bridgehead atoms. The van der Waals surface area contributed by atoms with E-state index in [0.717, 1.165) is 16.9 Å². The summed E-state index contributed by atoms with van der Waals surface area (Å²) in [6.07, 6.45) is 1.84. The zero-order valence-corrected chi connectivity index (χ0v) is 23.0. The van der Waals surface area contributed by atoms with Gasteiger partial charge in [-0.25, -0.2) is 27.6 Å². The van der Waals surface area contributed by atoms with E-state index >= 15 is 0 Å². The summed E-state index contributed by atoms with van der Waals surface area (Å²) in [6.45, 7) is 0.468. The highest BCUT2D eigenvalue weighted by molar-refractivity contribution is 7.91. The molecule has 4 rings (SSSR count).